The van der Waals surface area contributed by atoms with E-state index in [-0.39, 0.29) is 22.3 Å². The second-order valence-corrected chi connectivity index (χ2v) is 5.90. The summed E-state index contributed by atoms with van der Waals surface area (Å²) in [6.45, 7) is 0.0794. The monoisotopic (exact) mass is 316 g/mol. The quantitative estimate of drug-likeness (QED) is 0.669. The number of primary sulfonamides is 1. The Bertz CT molecular complexity index is 771. The molecule has 0 saturated heterocycles. The van der Waals surface area contributed by atoms with Gasteiger partial charge in [0.25, 0.3) is 15.7 Å². The second kappa shape index (κ2) is 5.19. The minimum atomic E-state index is -3.89. The van der Waals surface area contributed by atoms with E-state index in [0.717, 1.165) is 0 Å². The first kappa shape index (κ1) is 14.4. The molecule has 0 aliphatic rings. The van der Waals surface area contributed by atoms with E-state index in [0.29, 0.717) is 5.56 Å². The summed E-state index contributed by atoms with van der Waals surface area (Å²) < 4.78 is 23.6. The van der Waals surface area contributed by atoms with Crippen molar-refractivity contribution in [2.45, 2.75) is 11.6 Å². The Kier molecular flexibility index (Phi) is 3.75. The van der Waals surface area contributed by atoms with Crippen LogP contribution in [-0.2, 0) is 16.6 Å². The van der Waals surface area contributed by atoms with Gasteiger partial charge in [0, 0.05) is 22.8 Å². The molecule has 2 rings (SSSR count). The summed E-state index contributed by atoms with van der Waals surface area (Å²) in [6.07, 6.45) is 2.44. The fourth-order valence-corrected chi connectivity index (χ4v) is 2.25. The van der Waals surface area contributed by atoms with Gasteiger partial charge in [0.2, 0.25) is 0 Å². The molecule has 2 aromatic rings. The van der Waals surface area contributed by atoms with Crippen molar-refractivity contribution in [2.24, 2.45) is 5.14 Å². The van der Waals surface area contributed by atoms with Crippen LogP contribution in [0.25, 0.3) is 0 Å². The van der Waals surface area contributed by atoms with Crippen LogP contribution in [0.2, 0.25) is 5.02 Å². The van der Waals surface area contributed by atoms with Gasteiger partial charge in [-0.2, -0.15) is 0 Å². The Labute approximate surface area is 119 Å². The minimum Gasteiger partial charge on any atom is -0.331 e. The summed E-state index contributed by atoms with van der Waals surface area (Å²) in [5.41, 5.74) is 0.223. The van der Waals surface area contributed by atoms with Crippen LogP contribution in [0, 0.1) is 10.1 Å². The van der Waals surface area contributed by atoms with Crippen molar-refractivity contribution in [3.8, 4) is 0 Å². The number of hydrogen-bond donors (Lipinski definition) is 1. The van der Waals surface area contributed by atoms with Crippen LogP contribution in [-0.4, -0.2) is 22.9 Å². The van der Waals surface area contributed by atoms with Gasteiger partial charge in [-0.15, -0.1) is 0 Å². The average Bonchev–Trinajstić information content (AvgIpc) is 2.79. The van der Waals surface area contributed by atoms with Gasteiger partial charge in [0.1, 0.15) is 0 Å². The molecule has 1 aromatic carbocycles. The highest BCUT2D eigenvalue weighted by Crippen LogP contribution is 2.24. The molecule has 0 bridgehead atoms. The highest BCUT2D eigenvalue weighted by molar-refractivity contribution is 7.89. The Morgan fingerprint density at radius 1 is 1.45 bits per heavy atom. The number of benzene rings is 1. The summed E-state index contributed by atoms with van der Waals surface area (Å²) in [6, 6.07) is 4.24. The largest absolute Gasteiger partial charge is 0.331 e. The number of aromatic nitrogens is 2. The summed E-state index contributed by atoms with van der Waals surface area (Å²) in [7, 11) is -3.89. The molecule has 2 N–H and O–H groups in total. The van der Waals surface area contributed by atoms with E-state index < -0.39 is 14.9 Å². The summed E-state index contributed by atoms with van der Waals surface area (Å²) in [4.78, 5) is 14.0. The van der Waals surface area contributed by atoms with Crippen LogP contribution in [0.1, 0.15) is 5.56 Å². The number of nitrogens with two attached hydrogens (primary N) is 1. The van der Waals surface area contributed by atoms with E-state index in [2.05, 4.69) is 4.98 Å². The molecule has 0 spiro atoms. The van der Waals surface area contributed by atoms with Gasteiger partial charge in [0.15, 0.2) is 5.03 Å². The molecule has 1 aromatic heterocycles. The van der Waals surface area contributed by atoms with Gasteiger partial charge >= 0.3 is 0 Å². The highest BCUT2D eigenvalue weighted by atomic mass is 35.5. The molecule has 0 amide bonds. The van der Waals surface area contributed by atoms with Crippen LogP contribution < -0.4 is 5.14 Å². The van der Waals surface area contributed by atoms with Gasteiger partial charge in [-0.3, -0.25) is 10.1 Å². The van der Waals surface area contributed by atoms with Crippen molar-refractivity contribution in [1.82, 2.24) is 9.55 Å². The molecule has 8 nitrogen and oxygen atoms in total. The van der Waals surface area contributed by atoms with Crippen molar-refractivity contribution in [2.75, 3.05) is 0 Å². The second-order valence-electron chi connectivity index (χ2n) is 3.96. The van der Waals surface area contributed by atoms with E-state index in [4.69, 9.17) is 16.7 Å². The lowest BCUT2D eigenvalue weighted by atomic mass is 10.2. The van der Waals surface area contributed by atoms with E-state index in [9.17, 15) is 18.5 Å². The molecule has 20 heavy (non-hydrogen) atoms. The highest BCUT2D eigenvalue weighted by Gasteiger charge is 2.16. The fourth-order valence-electron chi connectivity index (χ4n) is 1.61. The van der Waals surface area contributed by atoms with Crippen LogP contribution in [0.15, 0.2) is 35.7 Å². The lowest BCUT2D eigenvalue weighted by molar-refractivity contribution is -0.385. The molecule has 106 valence electrons. The minimum absolute atomic E-state index is 0.0794. The zero-order valence-electron chi connectivity index (χ0n) is 9.93. The van der Waals surface area contributed by atoms with E-state index in [1.165, 1.54) is 35.3 Å². The van der Waals surface area contributed by atoms with Gasteiger partial charge in [-0.25, -0.2) is 18.5 Å². The van der Waals surface area contributed by atoms with Gasteiger partial charge in [-0.1, -0.05) is 11.6 Å². The summed E-state index contributed by atoms with van der Waals surface area (Å²) in [5, 5.41) is 15.8. The first-order chi connectivity index (χ1) is 9.27. The third kappa shape index (κ3) is 3.13. The maximum atomic E-state index is 11.1. The molecule has 0 aliphatic carbocycles. The van der Waals surface area contributed by atoms with E-state index >= 15 is 0 Å². The number of rotatable bonds is 4. The molecule has 0 fully saturated rings. The standard InChI is InChI=1S/C10H9ClN4O4S/c11-8-2-1-7(9(3-8)15(16)17)4-14-5-10(13-6-14)20(12,18)19/h1-3,5-6H,4H2,(H2,12,18,19). The predicted octanol–water partition coefficient (Wildman–Crippen LogP) is 1.14. The van der Waals surface area contributed by atoms with Crippen molar-refractivity contribution in [1.29, 1.82) is 0 Å². The Balaban J connectivity index is 2.35. The molecule has 1 heterocycles. The van der Waals surface area contributed by atoms with Crippen LogP contribution in [0.3, 0.4) is 0 Å². The first-order valence-electron chi connectivity index (χ1n) is 5.25. The Hall–Kier alpha value is -1.97. The maximum absolute atomic E-state index is 11.1. The number of sulfonamides is 1. The molecule has 10 heteroatoms. The van der Waals surface area contributed by atoms with Crippen LogP contribution >= 0.6 is 11.6 Å². The van der Waals surface area contributed by atoms with Crippen molar-refractivity contribution in [3.63, 3.8) is 0 Å². The molecular weight excluding hydrogens is 308 g/mol. The summed E-state index contributed by atoms with van der Waals surface area (Å²) >= 11 is 5.71. The van der Waals surface area contributed by atoms with Crippen LogP contribution in [0.4, 0.5) is 5.69 Å². The van der Waals surface area contributed by atoms with E-state index in [1.807, 2.05) is 0 Å². The lowest BCUT2D eigenvalue weighted by Gasteiger charge is -2.04. The van der Waals surface area contributed by atoms with Crippen LogP contribution in [0.5, 0.6) is 0 Å². The number of halogens is 1. The number of nitro groups is 1. The Morgan fingerprint density at radius 2 is 2.15 bits per heavy atom. The predicted molar refractivity (Wildman–Crippen MR) is 70.8 cm³/mol. The summed E-state index contributed by atoms with van der Waals surface area (Å²) in [5.74, 6) is 0. The zero-order chi connectivity index (χ0) is 14.9. The number of hydrogen-bond acceptors (Lipinski definition) is 5. The molecule has 0 aliphatic heterocycles. The number of imidazole rings is 1. The van der Waals surface area contributed by atoms with Crippen molar-refractivity contribution in [3.05, 3.63) is 51.4 Å². The lowest BCUT2D eigenvalue weighted by Crippen LogP contribution is -2.12. The molecule has 0 saturated carbocycles. The van der Waals surface area contributed by atoms with E-state index in [1.54, 1.807) is 0 Å². The maximum Gasteiger partial charge on any atom is 0.275 e. The zero-order valence-corrected chi connectivity index (χ0v) is 11.5. The average molecular weight is 317 g/mol. The molecular formula is C10H9ClN4O4S. The fraction of sp³-hybridized carbons (Fsp3) is 0.100. The molecule has 0 atom stereocenters. The van der Waals surface area contributed by atoms with Gasteiger partial charge < -0.3 is 4.57 Å². The van der Waals surface area contributed by atoms with Gasteiger partial charge in [0.05, 0.1) is 17.8 Å². The molecule has 0 unspecified atom stereocenters. The topological polar surface area (TPSA) is 121 Å². The SMILES string of the molecule is NS(=O)(=O)c1cn(Cc2ccc(Cl)cc2[N+](=O)[O-])cn1. The molecule has 0 radical (unpaired) electrons. The normalized spacial score (nSPS) is 11.5. The van der Waals surface area contributed by atoms with Gasteiger partial charge in [-0.05, 0) is 12.1 Å². The number of nitro benzene ring substituents is 1. The Morgan fingerprint density at radius 3 is 2.70 bits per heavy atom. The number of nitrogens with zero attached hydrogens (tertiary/aromatic N) is 3. The third-order valence-electron chi connectivity index (χ3n) is 2.50. The third-order valence-corrected chi connectivity index (χ3v) is 3.53. The van der Waals surface area contributed by atoms with Crippen molar-refractivity contribution < 1.29 is 13.3 Å². The smallest absolute Gasteiger partial charge is 0.275 e. The van der Waals surface area contributed by atoms with Crippen molar-refractivity contribution >= 4 is 27.3 Å². The first-order valence-corrected chi connectivity index (χ1v) is 7.17.